The lowest BCUT2D eigenvalue weighted by Crippen LogP contribution is -1.98. The highest BCUT2D eigenvalue weighted by Crippen LogP contribution is 2.35. The van der Waals surface area contributed by atoms with Crippen LogP contribution in [0.2, 0.25) is 0 Å². The minimum Gasteiger partial charge on any atom is -0.411 e. The molecule has 1 aliphatic rings. The number of nitrogens with one attached hydrogen (secondary N) is 1. The van der Waals surface area contributed by atoms with E-state index in [1.165, 1.54) is 6.21 Å². The number of pyridine rings is 1. The van der Waals surface area contributed by atoms with E-state index in [-0.39, 0.29) is 5.92 Å². The van der Waals surface area contributed by atoms with Crippen LogP contribution in [0.3, 0.4) is 0 Å². The minimum absolute atomic E-state index is 0.00695. The summed E-state index contributed by atoms with van der Waals surface area (Å²) in [5.74, 6) is 0.746. The fourth-order valence-electron chi connectivity index (χ4n) is 3.14. The first-order chi connectivity index (χ1) is 12.3. The molecule has 2 heterocycles. The van der Waals surface area contributed by atoms with E-state index in [9.17, 15) is 0 Å². The summed E-state index contributed by atoms with van der Waals surface area (Å²) in [6, 6.07) is 10.1. The first-order valence-electron chi connectivity index (χ1n) is 7.99. The highest BCUT2D eigenvalue weighted by atomic mass is 16.4. The molecule has 6 nitrogen and oxygen atoms in total. The molecular weight excluding hydrogens is 314 g/mol. The number of aromatic nitrogens is 3. The SMILES string of the molecule is NCc1nc(-c2ccc3c(c2)C=CC3C=NO)c(-c2ccncc2)[nH]1. The molecule has 3 aromatic rings. The summed E-state index contributed by atoms with van der Waals surface area (Å²) in [4.78, 5) is 12.0. The number of rotatable bonds is 4. The number of aromatic amines is 1. The number of nitrogens with zero attached hydrogens (tertiary/aromatic N) is 3. The molecule has 1 aliphatic carbocycles. The third kappa shape index (κ3) is 2.72. The van der Waals surface area contributed by atoms with Gasteiger partial charge in [-0.15, -0.1) is 5.16 Å². The Morgan fingerprint density at radius 3 is 2.80 bits per heavy atom. The topological polar surface area (TPSA) is 100 Å². The van der Waals surface area contributed by atoms with Crippen LogP contribution >= 0.6 is 0 Å². The summed E-state index contributed by atoms with van der Waals surface area (Å²) in [7, 11) is 0. The van der Waals surface area contributed by atoms with Crippen LogP contribution in [0.1, 0.15) is 22.9 Å². The molecule has 0 spiro atoms. The molecule has 1 unspecified atom stereocenters. The van der Waals surface area contributed by atoms with Crippen LogP contribution in [0.5, 0.6) is 0 Å². The minimum atomic E-state index is 0.00695. The van der Waals surface area contributed by atoms with Gasteiger partial charge < -0.3 is 15.9 Å². The molecule has 4 N–H and O–H groups in total. The predicted octanol–water partition coefficient (Wildman–Crippen LogP) is 3.17. The molecule has 124 valence electrons. The summed E-state index contributed by atoms with van der Waals surface area (Å²) in [5, 5.41) is 11.9. The second kappa shape index (κ2) is 6.33. The van der Waals surface area contributed by atoms with Crippen molar-refractivity contribution in [2.75, 3.05) is 0 Å². The average Bonchev–Trinajstić information content (AvgIpc) is 3.27. The number of hydrogen-bond donors (Lipinski definition) is 3. The van der Waals surface area contributed by atoms with Crippen molar-refractivity contribution in [2.24, 2.45) is 10.9 Å². The Hall–Kier alpha value is -3.25. The van der Waals surface area contributed by atoms with Gasteiger partial charge in [0.05, 0.1) is 24.1 Å². The van der Waals surface area contributed by atoms with E-state index in [1.807, 2.05) is 36.4 Å². The Balaban J connectivity index is 1.81. The number of H-pyrrole nitrogens is 1. The molecule has 1 aromatic carbocycles. The number of imidazole rings is 1. The number of hydrogen-bond acceptors (Lipinski definition) is 5. The molecule has 0 aliphatic heterocycles. The Bertz CT molecular complexity index is 959. The largest absolute Gasteiger partial charge is 0.411 e. The molecule has 0 amide bonds. The Kier molecular flexibility index (Phi) is 3.87. The molecule has 0 saturated heterocycles. The smallest absolute Gasteiger partial charge is 0.121 e. The molecule has 0 radical (unpaired) electrons. The molecule has 0 saturated carbocycles. The van der Waals surface area contributed by atoms with Gasteiger partial charge in [0.2, 0.25) is 0 Å². The van der Waals surface area contributed by atoms with Crippen molar-refractivity contribution in [3.05, 3.63) is 65.8 Å². The van der Waals surface area contributed by atoms with Crippen molar-refractivity contribution >= 4 is 12.3 Å². The summed E-state index contributed by atoms with van der Waals surface area (Å²) < 4.78 is 0. The van der Waals surface area contributed by atoms with Gasteiger partial charge in [-0.25, -0.2) is 4.98 Å². The summed E-state index contributed by atoms with van der Waals surface area (Å²) in [5.41, 5.74) is 11.8. The lowest BCUT2D eigenvalue weighted by Gasteiger charge is -2.08. The van der Waals surface area contributed by atoms with Gasteiger partial charge in [0, 0.05) is 29.4 Å². The molecular formula is C19H17N5O. The second-order valence-electron chi connectivity index (χ2n) is 5.84. The summed E-state index contributed by atoms with van der Waals surface area (Å²) >= 11 is 0. The van der Waals surface area contributed by atoms with Crippen LogP contribution in [-0.4, -0.2) is 26.4 Å². The number of allylic oxidation sites excluding steroid dienone is 1. The molecule has 4 rings (SSSR count). The van der Waals surface area contributed by atoms with Gasteiger partial charge in [-0.1, -0.05) is 24.3 Å². The van der Waals surface area contributed by atoms with Crippen LogP contribution in [0.15, 0.2) is 54.0 Å². The van der Waals surface area contributed by atoms with Gasteiger partial charge in [-0.2, -0.15) is 0 Å². The van der Waals surface area contributed by atoms with Gasteiger partial charge in [-0.05, 0) is 29.3 Å². The van der Waals surface area contributed by atoms with E-state index in [1.54, 1.807) is 12.4 Å². The molecule has 1 atom stereocenters. The number of fused-ring (bicyclic) bond motifs is 1. The van der Waals surface area contributed by atoms with Gasteiger partial charge in [-0.3, -0.25) is 4.98 Å². The third-order valence-corrected chi connectivity index (χ3v) is 4.34. The molecule has 6 heteroatoms. The van der Waals surface area contributed by atoms with E-state index in [0.717, 1.165) is 39.5 Å². The van der Waals surface area contributed by atoms with E-state index >= 15 is 0 Å². The molecule has 2 aromatic heterocycles. The normalized spacial score (nSPS) is 15.8. The van der Waals surface area contributed by atoms with E-state index in [2.05, 4.69) is 26.2 Å². The van der Waals surface area contributed by atoms with Crippen molar-refractivity contribution in [1.82, 2.24) is 15.0 Å². The highest BCUT2D eigenvalue weighted by molar-refractivity contribution is 5.84. The zero-order valence-corrected chi connectivity index (χ0v) is 13.4. The van der Waals surface area contributed by atoms with E-state index < -0.39 is 0 Å². The predicted molar refractivity (Wildman–Crippen MR) is 97.2 cm³/mol. The van der Waals surface area contributed by atoms with Crippen LogP contribution in [0, 0.1) is 0 Å². The second-order valence-corrected chi connectivity index (χ2v) is 5.84. The van der Waals surface area contributed by atoms with Gasteiger partial charge in [0.15, 0.2) is 0 Å². The zero-order chi connectivity index (χ0) is 17.2. The molecule has 0 fully saturated rings. The average molecular weight is 331 g/mol. The maximum Gasteiger partial charge on any atom is 0.121 e. The lowest BCUT2D eigenvalue weighted by atomic mass is 9.97. The Labute approximate surface area is 144 Å². The van der Waals surface area contributed by atoms with Gasteiger partial charge >= 0.3 is 0 Å². The van der Waals surface area contributed by atoms with E-state index in [4.69, 9.17) is 10.9 Å². The Morgan fingerprint density at radius 2 is 2.04 bits per heavy atom. The fourth-order valence-corrected chi connectivity index (χ4v) is 3.14. The zero-order valence-electron chi connectivity index (χ0n) is 13.4. The van der Waals surface area contributed by atoms with Gasteiger partial charge in [0.25, 0.3) is 0 Å². The first kappa shape index (κ1) is 15.3. The fraction of sp³-hybridized carbons (Fsp3) is 0.105. The van der Waals surface area contributed by atoms with Crippen molar-refractivity contribution in [2.45, 2.75) is 12.5 Å². The maximum absolute atomic E-state index is 8.78. The monoisotopic (exact) mass is 331 g/mol. The van der Waals surface area contributed by atoms with Crippen LogP contribution in [0.4, 0.5) is 0 Å². The first-order valence-corrected chi connectivity index (χ1v) is 7.99. The van der Waals surface area contributed by atoms with Crippen LogP contribution in [0.25, 0.3) is 28.6 Å². The number of benzene rings is 1. The summed E-state index contributed by atoms with van der Waals surface area (Å²) in [6.45, 7) is 0.345. The molecule has 25 heavy (non-hydrogen) atoms. The lowest BCUT2D eigenvalue weighted by molar-refractivity contribution is 0.320. The van der Waals surface area contributed by atoms with Crippen molar-refractivity contribution in [3.8, 4) is 22.5 Å². The van der Waals surface area contributed by atoms with Crippen molar-refractivity contribution in [1.29, 1.82) is 0 Å². The van der Waals surface area contributed by atoms with Crippen LogP contribution < -0.4 is 5.73 Å². The highest BCUT2D eigenvalue weighted by Gasteiger charge is 2.19. The number of nitrogens with two attached hydrogens (primary N) is 1. The quantitative estimate of drug-likeness (QED) is 0.388. The van der Waals surface area contributed by atoms with Crippen molar-refractivity contribution in [3.63, 3.8) is 0 Å². The van der Waals surface area contributed by atoms with Crippen molar-refractivity contribution < 1.29 is 5.21 Å². The summed E-state index contributed by atoms with van der Waals surface area (Å²) in [6.07, 6.45) is 9.08. The maximum atomic E-state index is 8.78. The van der Waals surface area contributed by atoms with E-state index in [0.29, 0.717) is 6.54 Å². The number of oxime groups is 1. The van der Waals surface area contributed by atoms with Crippen LogP contribution in [-0.2, 0) is 6.54 Å². The Morgan fingerprint density at radius 1 is 1.20 bits per heavy atom. The molecule has 0 bridgehead atoms. The standard InChI is InChI=1S/C19H17N5O/c20-10-17-23-18(12-5-7-21-8-6-12)19(24-17)14-3-4-16-13(9-14)1-2-15(16)11-22-25/h1-9,11,15,25H,10,20H2,(H,23,24). The van der Waals surface area contributed by atoms with Gasteiger partial charge in [0.1, 0.15) is 5.82 Å². The third-order valence-electron chi connectivity index (χ3n) is 4.34.